The molecule has 1 aromatic carbocycles. The zero-order valence-electron chi connectivity index (χ0n) is 8.33. The van der Waals surface area contributed by atoms with E-state index in [4.69, 9.17) is 5.73 Å². The Morgan fingerprint density at radius 3 is 2.87 bits per heavy atom. The van der Waals surface area contributed by atoms with Crippen molar-refractivity contribution in [2.24, 2.45) is 10.8 Å². The van der Waals surface area contributed by atoms with Gasteiger partial charge in [-0.05, 0) is 30.8 Å². The van der Waals surface area contributed by atoms with E-state index >= 15 is 0 Å². The van der Waals surface area contributed by atoms with Gasteiger partial charge < -0.3 is 5.73 Å². The topological polar surface area (TPSA) is 50.4 Å². The molecule has 0 aliphatic carbocycles. The summed E-state index contributed by atoms with van der Waals surface area (Å²) in [5, 5.41) is 4.08. The van der Waals surface area contributed by atoms with Gasteiger partial charge in [0.2, 0.25) is 0 Å². The minimum absolute atomic E-state index is 0.0948. The van der Waals surface area contributed by atoms with Gasteiger partial charge in [-0.1, -0.05) is 19.1 Å². The molecule has 3 nitrogen and oxygen atoms in total. The molecule has 0 atom stereocenters. The average molecular weight is 225 g/mol. The molecule has 0 unspecified atom stereocenters. The number of hydrogen-bond acceptors (Lipinski definition) is 2. The van der Waals surface area contributed by atoms with Crippen LogP contribution in [0.4, 0.5) is 4.39 Å². The number of benzene rings is 1. The summed E-state index contributed by atoms with van der Waals surface area (Å²) in [6, 6.07) is 6.23. The molecule has 1 aromatic rings. The smallest absolute Gasteiger partial charge is 0.184 e. The molecule has 0 saturated heterocycles. The average Bonchev–Trinajstić information content (AvgIpc) is 2.18. The van der Waals surface area contributed by atoms with Crippen molar-refractivity contribution in [3.8, 4) is 0 Å². The van der Waals surface area contributed by atoms with Gasteiger partial charge >= 0.3 is 0 Å². The van der Waals surface area contributed by atoms with Crippen molar-refractivity contribution in [1.29, 1.82) is 0 Å². The number of nitrogens with zero attached hydrogens (tertiary/aromatic N) is 1. The third-order valence-electron chi connectivity index (χ3n) is 1.79. The summed E-state index contributed by atoms with van der Waals surface area (Å²) in [6.07, 6.45) is 0.666. The fourth-order valence-electron chi connectivity index (χ4n) is 1.14. The van der Waals surface area contributed by atoms with Crippen LogP contribution in [0.1, 0.15) is 18.9 Å². The first-order valence-corrected chi connectivity index (χ1v) is 4.92. The highest BCUT2D eigenvalue weighted by Crippen LogP contribution is 2.06. The molecule has 0 spiro atoms. The number of hydrogen-bond donors (Lipinski definition) is 2. The summed E-state index contributed by atoms with van der Waals surface area (Å²) < 4.78 is 12.9. The number of thiocarbonyl (C=S) groups is 1. The lowest BCUT2D eigenvalue weighted by Crippen LogP contribution is -2.25. The second kappa shape index (κ2) is 5.41. The van der Waals surface area contributed by atoms with Crippen LogP contribution < -0.4 is 11.2 Å². The molecular weight excluding hydrogens is 213 g/mol. The largest absolute Gasteiger partial charge is 0.375 e. The molecule has 3 N–H and O–H groups in total. The quantitative estimate of drug-likeness (QED) is 0.468. The van der Waals surface area contributed by atoms with Crippen molar-refractivity contribution in [2.45, 2.75) is 13.3 Å². The van der Waals surface area contributed by atoms with Crippen LogP contribution in [0.5, 0.6) is 0 Å². The lowest BCUT2D eigenvalue weighted by molar-refractivity contribution is 0.627. The fourth-order valence-corrected chi connectivity index (χ4v) is 1.18. The number of nitrogens with one attached hydrogen (secondary N) is 1. The van der Waals surface area contributed by atoms with Gasteiger partial charge in [0.25, 0.3) is 0 Å². The first-order chi connectivity index (χ1) is 7.13. The Labute approximate surface area is 93.2 Å². The van der Waals surface area contributed by atoms with Crippen LogP contribution in [0.2, 0.25) is 0 Å². The maximum atomic E-state index is 12.9. The van der Waals surface area contributed by atoms with Crippen molar-refractivity contribution in [2.75, 3.05) is 0 Å². The summed E-state index contributed by atoms with van der Waals surface area (Å²) in [5.74, 6) is -0.288. The van der Waals surface area contributed by atoms with Gasteiger partial charge in [0.05, 0.1) is 5.71 Å². The Morgan fingerprint density at radius 1 is 1.60 bits per heavy atom. The van der Waals surface area contributed by atoms with E-state index in [9.17, 15) is 4.39 Å². The highest BCUT2D eigenvalue weighted by atomic mass is 32.1. The lowest BCUT2D eigenvalue weighted by Gasteiger charge is -2.04. The maximum absolute atomic E-state index is 12.9. The molecule has 0 saturated carbocycles. The highest BCUT2D eigenvalue weighted by molar-refractivity contribution is 7.80. The highest BCUT2D eigenvalue weighted by Gasteiger charge is 2.02. The minimum Gasteiger partial charge on any atom is -0.375 e. The number of halogens is 1. The Balaban J connectivity index is 2.92. The molecule has 80 valence electrons. The van der Waals surface area contributed by atoms with Crippen molar-refractivity contribution < 1.29 is 4.39 Å². The lowest BCUT2D eigenvalue weighted by atomic mass is 10.1. The first kappa shape index (κ1) is 11.6. The third-order valence-corrected chi connectivity index (χ3v) is 1.89. The van der Waals surface area contributed by atoms with E-state index in [-0.39, 0.29) is 10.9 Å². The van der Waals surface area contributed by atoms with Crippen LogP contribution in [-0.2, 0) is 0 Å². The monoisotopic (exact) mass is 225 g/mol. The van der Waals surface area contributed by atoms with Crippen molar-refractivity contribution >= 4 is 23.0 Å². The molecule has 0 aliphatic rings. The van der Waals surface area contributed by atoms with Crippen LogP contribution in [-0.4, -0.2) is 10.8 Å². The Kier molecular flexibility index (Phi) is 4.17. The molecule has 0 bridgehead atoms. The van der Waals surface area contributed by atoms with Crippen molar-refractivity contribution in [1.82, 2.24) is 5.43 Å². The van der Waals surface area contributed by atoms with E-state index in [2.05, 4.69) is 22.7 Å². The third kappa shape index (κ3) is 3.63. The zero-order valence-corrected chi connectivity index (χ0v) is 9.14. The summed E-state index contributed by atoms with van der Waals surface area (Å²) >= 11 is 4.62. The fraction of sp³-hybridized carbons (Fsp3) is 0.200. The van der Waals surface area contributed by atoms with Gasteiger partial charge in [-0.25, -0.2) is 4.39 Å². The van der Waals surface area contributed by atoms with E-state index in [1.54, 1.807) is 12.1 Å². The van der Waals surface area contributed by atoms with Gasteiger partial charge in [-0.2, -0.15) is 5.10 Å². The number of hydrazone groups is 1. The standard InChI is InChI=1S/C10H12FN3S/c1-2-9(13-14-10(12)15)7-4-3-5-8(11)6-7/h3-6H,2H2,1H3,(H3,12,14,15)/b13-9-. The van der Waals surface area contributed by atoms with E-state index in [0.717, 1.165) is 5.56 Å². The molecular formula is C10H12FN3S. The summed E-state index contributed by atoms with van der Waals surface area (Å²) in [5.41, 5.74) is 9.17. The predicted molar refractivity (Wildman–Crippen MR) is 63.1 cm³/mol. The van der Waals surface area contributed by atoms with Gasteiger partial charge in [0.1, 0.15) is 5.82 Å². The SMILES string of the molecule is CC/C(=N/NC(N)=S)c1cccc(F)c1. The summed E-state index contributed by atoms with van der Waals surface area (Å²) in [4.78, 5) is 0. The number of nitrogens with two attached hydrogens (primary N) is 1. The molecule has 0 aliphatic heterocycles. The van der Waals surface area contributed by atoms with Gasteiger partial charge in [0.15, 0.2) is 5.11 Å². The van der Waals surface area contributed by atoms with Gasteiger partial charge in [0, 0.05) is 5.56 Å². The zero-order chi connectivity index (χ0) is 11.3. The minimum atomic E-state index is -0.288. The molecule has 0 aromatic heterocycles. The van der Waals surface area contributed by atoms with Gasteiger partial charge in [-0.3, -0.25) is 5.43 Å². The van der Waals surface area contributed by atoms with Crippen LogP contribution in [0.15, 0.2) is 29.4 Å². The molecule has 0 fully saturated rings. The van der Waals surface area contributed by atoms with E-state index in [1.165, 1.54) is 12.1 Å². The Bertz CT molecular complexity index is 390. The van der Waals surface area contributed by atoms with E-state index in [0.29, 0.717) is 12.1 Å². The predicted octanol–water partition coefficient (Wildman–Crippen LogP) is 1.77. The van der Waals surface area contributed by atoms with Crippen LogP contribution in [0.3, 0.4) is 0 Å². The first-order valence-electron chi connectivity index (χ1n) is 4.51. The normalized spacial score (nSPS) is 11.2. The number of rotatable bonds is 3. The van der Waals surface area contributed by atoms with E-state index < -0.39 is 0 Å². The van der Waals surface area contributed by atoms with Crippen molar-refractivity contribution in [3.05, 3.63) is 35.6 Å². The second-order valence-electron chi connectivity index (χ2n) is 2.90. The summed E-state index contributed by atoms with van der Waals surface area (Å²) in [6.45, 7) is 1.92. The van der Waals surface area contributed by atoms with Gasteiger partial charge in [-0.15, -0.1) is 0 Å². The molecule has 0 radical (unpaired) electrons. The molecule has 1 rings (SSSR count). The van der Waals surface area contributed by atoms with Crippen LogP contribution >= 0.6 is 12.2 Å². The molecule has 0 heterocycles. The molecule has 5 heteroatoms. The Morgan fingerprint density at radius 2 is 2.33 bits per heavy atom. The summed E-state index contributed by atoms with van der Waals surface area (Å²) in [7, 11) is 0. The van der Waals surface area contributed by atoms with Crippen LogP contribution in [0.25, 0.3) is 0 Å². The van der Waals surface area contributed by atoms with Crippen molar-refractivity contribution in [3.63, 3.8) is 0 Å². The molecule has 0 amide bonds. The molecule has 15 heavy (non-hydrogen) atoms. The second-order valence-corrected chi connectivity index (χ2v) is 3.34. The van der Waals surface area contributed by atoms with E-state index in [1.807, 2.05) is 6.92 Å². The Hall–Kier alpha value is -1.49. The van der Waals surface area contributed by atoms with Crippen LogP contribution in [0, 0.1) is 5.82 Å². The maximum Gasteiger partial charge on any atom is 0.184 e.